The molecule has 1 aromatic heterocycles. The molecule has 2 aromatic rings. The molecule has 1 fully saturated rings. The van der Waals surface area contributed by atoms with E-state index in [2.05, 4.69) is 31.2 Å². The fraction of sp³-hybridized carbons (Fsp3) is 0.353. The molecule has 3 rings (SSSR count). The van der Waals surface area contributed by atoms with E-state index < -0.39 is 0 Å². The zero-order valence-corrected chi connectivity index (χ0v) is 15.4. The predicted octanol–water partition coefficient (Wildman–Crippen LogP) is 3.32. The molecule has 1 aliphatic heterocycles. The molecule has 0 atom stereocenters. The fourth-order valence-electron chi connectivity index (χ4n) is 2.56. The van der Waals surface area contributed by atoms with Crippen LogP contribution in [0.2, 0.25) is 0 Å². The number of nitrogens with zero attached hydrogens (tertiary/aromatic N) is 3. The number of carbonyl (C=O) groups is 1. The molecule has 0 unspecified atom stereocenters. The number of anilines is 1. The third-order valence-corrected chi connectivity index (χ3v) is 4.35. The number of likely N-dealkylation sites (tertiary alicyclic amines) is 1. The summed E-state index contributed by atoms with van der Waals surface area (Å²) in [4.78, 5) is 22.3. The van der Waals surface area contributed by atoms with Gasteiger partial charge in [-0.25, -0.2) is 14.8 Å². The van der Waals surface area contributed by atoms with Gasteiger partial charge in [0.05, 0.1) is 11.6 Å². The number of nitrogens with one attached hydrogen (secondary N) is 1. The molecule has 0 spiro atoms. The summed E-state index contributed by atoms with van der Waals surface area (Å²) >= 11 is 3.29. The van der Waals surface area contributed by atoms with Crippen molar-refractivity contribution in [3.63, 3.8) is 0 Å². The Labute approximate surface area is 154 Å². The second-order valence-corrected chi connectivity index (χ2v) is 6.56. The number of rotatable bonds is 4. The topological polar surface area (TPSA) is 76.6 Å². The highest BCUT2D eigenvalue weighted by molar-refractivity contribution is 9.10. The number of amides is 2. The third-order valence-electron chi connectivity index (χ3n) is 3.94. The Morgan fingerprint density at radius 3 is 2.44 bits per heavy atom. The van der Waals surface area contributed by atoms with Gasteiger partial charge in [-0.1, -0.05) is 0 Å². The van der Waals surface area contributed by atoms with Crippen LogP contribution >= 0.6 is 15.9 Å². The monoisotopic (exact) mass is 406 g/mol. The maximum Gasteiger partial charge on any atom is 0.321 e. The van der Waals surface area contributed by atoms with Crippen molar-refractivity contribution in [2.45, 2.75) is 18.9 Å². The second kappa shape index (κ2) is 8.15. The lowest BCUT2D eigenvalue weighted by Gasteiger charge is -2.31. The average molecular weight is 407 g/mol. The number of hydrogen-bond acceptors (Lipinski definition) is 5. The minimum Gasteiger partial charge on any atom is -0.497 e. The second-order valence-electron chi connectivity index (χ2n) is 5.65. The van der Waals surface area contributed by atoms with Gasteiger partial charge >= 0.3 is 12.0 Å². The maximum atomic E-state index is 12.3. The molecule has 2 heterocycles. The minimum absolute atomic E-state index is 0.0196. The smallest absolute Gasteiger partial charge is 0.321 e. The van der Waals surface area contributed by atoms with Crippen LogP contribution in [0.1, 0.15) is 12.8 Å². The Hall–Kier alpha value is -2.35. The van der Waals surface area contributed by atoms with Crippen LogP contribution in [0.4, 0.5) is 10.5 Å². The standard InChI is InChI=1S/C17H19BrN4O3/c1-24-14-4-2-13(3-5-14)21-17(23)22-8-6-15(7-9-22)25-16-19-10-12(18)11-20-16/h2-5,10-11,15H,6-9H2,1H3,(H,21,23). The normalized spacial score (nSPS) is 14.9. The third kappa shape index (κ3) is 4.82. The Morgan fingerprint density at radius 2 is 1.84 bits per heavy atom. The van der Waals surface area contributed by atoms with E-state index in [0.29, 0.717) is 19.1 Å². The number of urea groups is 1. The van der Waals surface area contributed by atoms with E-state index >= 15 is 0 Å². The van der Waals surface area contributed by atoms with Crippen molar-refractivity contribution in [2.75, 3.05) is 25.5 Å². The SMILES string of the molecule is COc1ccc(NC(=O)N2CCC(Oc3ncc(Br)cn3)CC2)cc1. The Kier molecular flexibility index (Phi) is 5.70. The van der Waals surface area contributed by atoms with E-state index in [1.54, 1.807) is 24.4 Å². The van der Waals surface area contributed by atoms with Gasteiger partial charge in [-0.15, -0.1) is 0 Å². The van der Waals surface area contributed by atoms with Crippen LogP contribution in [0, 0.1) is 0 Å². The summed E-state index contributed by atoms with van der Waals surface area (Å²) in [7, 11) is 1.61. The van der Waals surface area contributed by atoms with Crippen LogP contribution in [0.5, 0.6) is 11.8 Å². The molecule has 0 saturated carbocycles. The van der Waals surface area contributed by atoms with Crippen LogP contribution < -0.4 is 14.8 Å². The van der Waals surface area contributed by atoms with Crippen molar-refractivity contribution in [3.05, 3.63) is 41.1 Å². The molecule has 0 aliphatic carbocycles. The zero-order chi connectivity index (χ0) is 17.6. The van der Waals surface area contributed by atoms with Crippen LogP contribution in [0.25, 0.3) is 0 Å². The van der Waals surface area contributed by atoms with Gasteiger partial charge in [0.25, 0.3) is 0 Å². The van der Waals surface area contributed by atoms with Gasteiger partial charge in [0.15, 0.2) is 0 Å². The first-order valence-electron chi connectivity index (χ1n) is 7.98. The molecule has 2 amide bonds. The molecule has 132 valence electrons. The van der Waals surface area contributed by atoms with Crippen molar-refractivity contribution in [2.24, 2.45) is 0 Å². The van der Waals surface area contributed by atoms with Gasteiger partial charge in [0, 0.05) is 44.0 Å². The molecular weight excluding hydrogens is 388 g/mol. The summed E-state index contributed by atoms with van der Waals surface area (Å²) in [5, 5.41) is 2.89. The summed E-state index contributed by atoms with van der Waals surface area (Å²) < 4.78 is 11.7. The molecule has 1 saturated heterocycles. The van der Waals surface area contributed by atoms with Crippen LogP contribution in [0.3, 0.4) is 0 Å². The van der Waals surface area contributed by atoms with Gasteiger partial charge < -0.3 is 19.7 Å². The highest BCUT2D eigenvalue weighted by Crippen LogP contribution is 2.19. The molecule has 8 heteroatoms. The first-order valence-corrected chi connectivity index (χ1v) is 8.77. The van der Waals surface area contributed by atoms with Gasteiger partial charge in [-0.3, -0.25) is 0 Å². The summed E-state index contributed by atoms with van der Waals surface area (Å²) in [5.41, 5.74) is 0.743. The number of hydrogen-bond donors (Lipinski definition) is 1. The van der Waals surface area contributed by atoms with Crippen LogP contribution in [0.15, 0.2) is 41.1 Å². The number of benzene rings is 1. The molecular formula is C17H19BrN4O3. The quantitative estimate of drug-likeness (QED) is 0.842. The van der Waals surface area contributed by atoms with E-state index in [1.165, 1.54) is 0 Å². The van der Waals surface area contributed by atoms with Crippen molar-refractivity contribution >= 4 is 27.6 Å². The van der Waals surface area contributed by atoms with Crippen molar-refractivity contribution in [1.29, 1.82) is 0 Å². The molecule has 0 radical (unpaired) electrons. The predicted molar refractivity (Wildman–Crippen MR) is 97.0 cm³/mol. The van der Waals surface area contributed by atoms with Crippen molar-refractivity contribution < 1.29 is 14.3 Å². The minimum atomic E-state index is -0.108. The first-order chi connectivity index (χ1) is 12.1. The Balaban J connectivity index is 1.47. The van der Waals surface area contributed by atoms with E-state index in [1.807, 2.05) is 24.3 Å². The van der Waals surface area contributed by atoms with E-state index in [4.69, 9.17) is 9.47 Å². The van der Waals surface area contributed by atoms with Crippen LogP contribution in [-0.4, -0.2) is 47.2 Å². The lowest BCUT2D eigenvalue weighted by molar-refractivity contribution is 0.107. The van der Waals surface area contributed by atoms with Crippen LogP contribution in [-0.2, 0) is 0 Å². The van der Waals surface area contributed by atoms with Gasteiger partial charge in [0.2, 0.25) is 0 Å². The number of aromatic nitrogens is 2. The van der Waals surface area contributed by atoms with E-state index in [9.17, 15) is 4.79 Å². The summed E-state index contributed by atoms with van der Waals surface area (Å²) in [6.07, 6.45) is 4.82. The maximum absolute atomic E-state index is 12.3. The van der Waals surface area contributed by atoms with Crippen molar-refractivity contribution in [3.8, 4) is 11.8 Å². The fourth-order valence-corrected chi connectivity index (χ4v) is 2.77. The molecule has 1 N–H and O–H groups in total. The van der Waals surface area contributed by atoms with E-state index in [0.717, 1.165) is 28.8 Å². The summed E-state index contributed by atoms with van der Waals surface area (Å²) in [6.45, 7) is 1.26. The van der Waals surface area contributed by atoms with Gasteiger partial charge in [-0.2, -0.15) is 0 Å². The molecule has 1 aliphatic rings. The number of piperidine rings is 1. The number of methoxy groups -OCH3 is 1. The molecule has 1 aromatic carbocycles. The lowest BCUT2D eigenvalue weighted by atomic mass is 10.1. The largest absolute Gasteiger partial charge is 0.497 e. The number of carbonyl (C=O) groups excluding carboxylic acids is 1. The summed E-state index contributed by atoms with van der Waals surface area (Å²) in [6, 6.07) is 7.52. The van der Waals surface area contributed by atoms with Crippen molar-refractivity contribution in [1.82, 2.24) is 14.9 Å². The van der Waals surface area contributed by atoms with Gasteiger partial charge in [0.1, 0.15) is 11.9 Å². The number of halogens is 1. The van der Waals surface area contributed by atoms with Gasteiger partial charge in [-0.05, 0) is 40.2 Å². The molecule has 0 bridgehead atoms. The molecule has 7 nitrogen and oxygen atoms in total. The summed E-state index contributed by atoms with van der Waals surface area (Å²) in [5.74, 6) is 0.756. The molecule has 25 heavy (non-hydrogen) atoms. The zero-order valence-electron chi connectivity index (χ0n) is 13.8. The van der Waals surface area contributed by atoms with E-state index in [-0.39, 0.29) is 12.1 Å². The average Bonchev–Trinajstić information content (AvgIpc) is 2.65. The highest BCUT2D eigenvalue weighted by atomic mass is 79.9. The number of ether oxygens (including phenoxy) is 2. The highest BCUT2D eigenvalue weighted by Gasteiger charge is 2.24. The lowest BCUT2D eigenvalue weighted by Crippen LogP contribution is -2.43. The Bertz CT molecular complexity index is 701. The first kappa shape index (κ1) is 17.5. The Morgan fingerprint density at radius 1 is 1.20 bits per heavy atom.